The van der Waals surface area contributed by atoms with E-state index < -0.39 is 0 Å². The number of aromatic amines is 1. The third-order valence-corrected chi connectivity index (χ3v) is 6.70. The SMILES string of the molecule is CC(=O)[N+](c1ccccc1)(c1ccccc1)c1cccc(-c2[nH]ncc2-c2nc3ccc(C)cc3o2)c1. The summed E-state index contributed by atoms with van der Waals surface area (Å²) in [4.78, 5) is 18.3. The largest absolute Gasteiger partial charge is 0.436 e. The topological polar surface area (TPSA) is 71.8 Å². The van der Waals surface area contributed by atoms with E-state index in [0.29, 0.717) is 5.89 Å². The zero-order valence-electron chi connectivity index (χ0n) is 20.6. The van der Waals surface area contributed by atoms with Crippen molar-refractivity contribution < 1.29 is 9.21 Å². The second-order valence-electron chi connectivity index (χ2n) is 9.06. The Morgan fingerprint density at radius 1 is 0.811 bits per heavy atom. The molecule has 0 aliphatic heterocycles. The van der Waals surface area contributed by atoms with Crippen LogP contribution in [0.5, 0.6) is 0 Å². The van der Waals surface area contributed by atoms with Crippen LogP contribution in [0.1, 0.15) is 12.5 Å². The number of para-hydroxylation sites is 2. The highest BCUT2D eigenvalue weighted by Gasteiger charge is 2.42. The number of carbonyl (C=O) groups is 1. The normalized spacial score (nSPS) is 11.6. The van der Waals surface area contributed by atoms with Gasteiger partial charge in [0.2, 0.25) is 5.89 Å². The molecule has 180 valence electrons. The number of benzene rings is 4. The molecule has 2 heterocycles. The molecule has 0 atom stereocenters. The summed E-state index contributed by atoms with van der Waals surface area (Å²) in [5.41, 5.74) is 7.57. The summed E-state index contributed by atoms with van der Waals surface area (Å²) in [5.74, 6) is 0.474. The van der Waals surface area contributed by atoms with Crippen LogP contribution >= 0.6 is 0 Å². The van der Waals surface area contributed by atoms with Crippen LogP contribution < -0.4 is 4.48 Å². The summed E-state index contributed by atoms with van der Waals surface area (Å²) >= 11 is 0. The third kappa shape index (κ3) is 3.75. The Morgan fingerprint density at radius 2 is 1.49 bits per heavy atom. The minimum Gasteiger partial charge on any atom is -0.436 e. The third-order valence-electron chi connectivity index (χ3n) is 6.70. The van der Waals surface area contributed by atoms with Gasteiger partial charge in [-0.3, -0.25) is 5.10 Å². The Morgan fingerprint density at radius 3 is 2.16 bits per heavy atom. The van der Waals surface area contributed by atoms with Crippen LogP contribution in [-0.2, 0) is 4.79 Å². The zero-order chi connectivity index (χ0) is 25.4. The van der Waals surface area contributed by atoms with Gasteiger partial charge in [-0.05, 0) is 24.6 Å². The predicted octanol–water partition coefficient (Wildman–Crippen LogP) is 7.71. The Balaban J connectivity index is 1.54. The van der Waals surface area contributed by atoms with Crippen LogP contribution in [0.15, 0.2) is 114 Å². The summed E-state index contributed by atoms with van der Waals surface area (Å²) in [7, 11) is 0. The molecule has 0 saturated heterocycles. The zero-order valence-corrected chi connectivity index (χ0v) is 20.6. The van der Waals surface area contributed by atoms with Gasteiger partial charge in [0.1, 0.15) is 5.52 Å². The molecule has 0 radical (unpaired) electrons. The molecule has 6 aromatic rings. The van der Waals surface area contributed by atoms with Gasteiger partial charge in [-0.15, -0.1) is 0 Å². The van der Waals surface area contributed by atoms with E-state index >= 15 is 0 Å². The molecule has 1 amide bonds. The summed E-state index contributed by atoms with van der Waals surface area (Å²) < 4.78 is 6.05. The molecule has 6 heteroatoms. The van der Waals surface area contributed by atoms with Gasteiger partial charge in [0.05, 0.1) is 24.4 Å². The summed E-state index contributed by atoms with van der Waals surface area (Å²) in [6, 6.07) is 33.6. The highest BCUT2D eigenvalue weighted by atomic mass is 16.3. The minimum absolute atomic E-state index is 0.0197. The average Bonchev–Trinajstić information content (AvgIpc) is 3.57. The Labute approximate surface area is 214 Å². The minimum atomic E-state index is -0.0544. The fourth-order valence-electron chi connectivity index (χ4n) is 4.98. The number of nitrogens with zero attached hydrogens (tertiary/aromatic N) is 3. The molecule has 4 aromatic carbocycles. The van der Waals surface area contributed by atoms with Crippen molar-refractivity contribution in [2.24, 2.45) is 0 Å². The van der Waals surface area contributed by atoms with Crippen molar-refractivity contribution in [2.45, 2.75) is 13.8 Å². The number of aryl methyl sites for hydroxylation is 1. The van der Waals surface area contributed by atoms with Crippen molar-refractivity contribution in [3.8, 4) is 22.7 Å². The van der Waals surface area contributed by atoms with Gasteiger partial charge < -0.3 is 4.42 Å². The van der Waals surface area contributed by atoms with Crippen LogP contribution in [0.2, 0.25) is 0 Å². The number of aromatic nitrogens is 3. The van der Waals surface area contributed by atoms with Gasteiger partial charge in [-0.1, -0.05) is 54.6 Å². The fourth-order valence-corrected chi connectivity index (χ4v) is 4.98. The molecular formula is C31H25N4O2+. The molecule has 0 aliphatic rings. The highest BCUT2D eigenvalue weighted by molar-refractivity contribution is 6.01. The van der Waals surface area contributed by atoms with Crippen LogP contribution in [0.3, 0.4) is 0 Å². The number of fused-ring (bicyclic) bond motifs is 1. The molecule has 6 rings (SSSR count). The Hall–Kier alpha value is -4.81. The molecule has 0 unspecified atom stereocenters. The van der Waals surface area contributed by atoms with Gasteiger partial charge >= 0.3 is 5.91 Å². The summed E-state index contributed by atoms with van der Waals surface area (Å²) in [5, 5.41) is 7.43. The number of carbonyl (C=O) groups excluding carboxylic acids is 1. The van der Waals surface area contributed by atoms with E-state index in [0.717, 1.165) is 50.5 Å². The lowest BCUT2D eigenvalue weighted by Gasteiger charge is -2.34. The Bertz CT molecular complexity index is 1680. The monoisotopic (exact) mass is 485 g/mol. The van der Waals surface area contributed by atoms with E-state index in [1.807, 2.05) is 110 Å². The lowest BCUT2D eigenvalue weighted by atomic mass is 10.0. The second kappa shape index (κ2) is 9.00. The molecule has 0 aliphatic carbocycles. The molecule has 6 nitrogen and oxygen atoms in total. The van der Waals surface area contributed by atoms with Crippen LogP contribution in [0.25, 0.3) is 33.8 Å². The predicted molar refractivity (Wildman–Crippen MR) is 146 cm³/mol. The average molecular weight is 486 g/mol. The van der Waals surface area contributed by atoms with E-state index in [1.165, 1.54) is 0 Å². The molecule has 0 fully saturated rings. The van der Waals surface area contributed by atoms with Gasteiger partial charge in [0.15, 0.2) is 22.6 Å². The van der Waals surface area contributed by atoms with Crippen molar-refractivity contribution in [2.75, 3.05) is 0 Å². The van der Waals surface area contributed by atoms with Crippen molar-refractivity contribution in [3.05, 3.63) is 115 Å². The number of nitrogens with one attached hydrogen (secondary N) is 1. The van der Waals surface area contributed by atoms with Crippen LogP contribution in [0, 0.1) is 6.92 Å². The molecule has 0 bridgehead atoms. The maximum absolute atomic E-state index is 13.6. The first-order valence-electron chi connectivity index (χ1n) is 12.1. The van der Waals surface area contributed by atoms with Crippen LogP contribution in [-0.4, -0.2) is 21.1 Å². The molecular weight excluding hydrogens is 460 g/mol. The van der Waals surface area contributed by atoms with E-state index in [9.17, 15) is 4.79 Å². The number of rotatable bonds is 5. The quantitative estimate of drug-likeness (QED) is 0.254. The number of amides is 1. The highest BCUT2D eigenvalue weighted by Crippen LogP contribution is 2.45. The number of quaternary nitrogens is 1. The fraction of sp³-hybridized carbons (Fsp3) is 0.0645. The maximum atomic E-state index is 13.6. The van der Waals surface area contributed by atoms with Crippen molar-refractivity contribution in [1.29, 1.82) is 0 Å². The van der Waals surface area contributed by atoms with E-state index in [-0.39, 0.29) is 10.4 Å². The first kappa shape index (κ1) is 22.6. The first-order valence-corrected chi connectivity index (χ1v) is 12.1. The van der Waals surface area contributed by atoms with Crippen molar-refractivity contribution >= 4 is 34.1 Å². The van der Waals surface area contributed by atoms with E-state index in [2.05, 4.69) is 10.2 Å². The van der Waals surface area contributed by atoms with Crippen molar-refractivity contribution in [3.63, 3.8) is 0 Å². The standard InChI is InChI=1S/C31H25N4O2/c1-21-16-17-28-29(18-21)37-31(33-28)27-20-32-34-30(27)23-10-9-15-26(19-23)35(22(2)36,24-11-5-3-6-12-24)25-13-7-4-8-14-25/h3-20H,1-2H3,(H,32,34)/q+1. The van der Waals surface area contributed by atoms with Gasteiger partial charge in [0, 0.05) is 42.0 Å². The maximum Gasteiger partial charge on any atom is 0.325 e. The molecule has 0 saturated carbocycles. The number of hydrogen-bond donors (Lipinski definition) is 1. The molecule has 1 N–H and O–H groups in total. The lowest BCUT2D eigenvalue weighted by molar-refractivity contribution is -0.123. The smallest absolute Gasteiger partial charge is 0.325 e. The van der Waals surface area contributed by atoms with E-state index in [1.54, 1.807) is 13.1 Å². The molecule has 37 heavy (non-hydrogen) atoms. The second-order valence-corrected chi connectivity index (χ2v) is 9.06. The lowest BCUT2D eigenvalue weighted by Crippen LogP contribution is -2.43. The Kier molecular flexibility index (Phi) is 5.51. The van der Waals surface area contributed by atoms with E-state index in [4.69, 9.17) is 9.40 Å². The molecule has 2 aromatic heterocycles. The van der Waals surface area contributed by atoms with Gasteiger partial charge in [-0.25, -0.2) is 9.78 Å². The van der Waals surface area contributed by atoms with Gasteiger partial charge in [-0.2, -0.15) is 9.58 Å². The number of hydrogen-bond acceptors (Lipinski definition) is 4. The molecule has 0 spiro atoms. The number of H-pyrrole nitrogens is 1. The first-order chi connectivity index (χ1) is 18.1. The summed E-state index contributed by atoms with van der Waals surface area (Å²) in [6.07, 6.45) is 1.72. The van der Waals surface area contributed by atoms with Crippen molar-refractivity contribution in [1.82, 2.24) is 19.7 Å². The summed E-state index contributed by atoms with van der Waals surface area (Å²) in [6.45, 7) is 3.66. The van der Waals surface area contributed by atoms with Gasteiger partial charge in [0.25, 0.3) is 0 Å². The van der Waals surface area contributed by atoms with Crippen LogP contribution in [0.4, 0.5) is 17.1 Å². The number of oxazole rings is 1.